The summed E-state index contributed by atoms with van der Waals surface area (Å²) in [6, 6.07) is 71.4. The second-order valence-electron chi connectivity index (χ2n) is 12.9. The van der Waals surface area contributed by atoms with Crippen molar-refractivity contribution >= 4 is 87.8 Å². The number of rotatable bonds is 8. The average Bonchev–Trinajstić information content (AvgIpc) is 3.55. The monoisotopic (exact) mass is 809 g/mol. The van der Waals surface area contributed by atoms with E-state index in [-0.39, 0.29) is 0 Å². The van der Waals surface area contributed by atoms with Gasteiger partial charge in [0.2, 0.25) is 0 Å². The molecule has 0 atom stereocenters. The van der Waals surface area contributed by atoms with Crippen LogP contribution in [0.15, 0.2) is 209 Å². The molecule has 0 aliphatic rings. The van der Waals surface area contributed by atoms with Crippen LogP contribution in [0.5, 0.6) is 0 Å². The summed E-state index contributed by atoms with van der Waals surface area (Å²) in [5.41, 5.74) is 12.4. The molecule has 0 aliphatic carbocycles. The van der Waals surface area contributed by atoms with E-state index in [1.807, 2.05) is 0 Å². The van der Waals surface area contributed by atoms with Gasteiger partial charge in [0, 0.05) is 59.5 Å². The van der Waals surface area contributed by atoms with Crippen molar-refractivity contribution in [2.45, 2.75) is 0 Å². The van der Waals surface area contributed by atoms with Gasteiger partial charge in [0.25, 0.3) is 0 Å². The molecule has 0 amide bonds. The lowest BCUT2D eigenvalue weighted by Crippen LogP contribution is -2.12. The van der Waals surface area contributed by atoms with Gasteiger partial charge in [0.15, 0.2) is 0 Å². The van der Waals surface area contributed by atoms with E-state index < -0.39 is 0 Å². The van der Waals surface area contributed by atoms with Gasteiger partial charge in [-0.3, -0.25) is 0 Å². The molecule has 0 saturated carbocycles. The third-order valence-electron chi connectivity index (χ3n) is 9.70. The highest BCUT2D eigenvalue weighted by Gasteiger charge is 2.19. The molecule has 8 aromatic carbocycles. The smallest absolute Gasteiger partial charge is 0.0542 e. The first-order chi connectivity index (χ1) is 26.1. The van der Waals surface area contributed by atoms with E-state index in [1.54, 1.807) is 0 Å². The summed E-state index contributed by atoms with van der Waals surface area (Å²) in [6.45, 7) is 0. The molecule has 0 fully saturated rings. The fourth-order valence-corrected chi connectivity index (χ4v) is 7.74. The van der Waals surface area contributed by atoms with E-state index in [2.05, 4.69) is 246 Å². The molecule has 1 aromatic heterocycles. The van der Waals surface area contributed by atoms with Crippen LogP contribution < -0.4 is 9.80 Å². The molecule has 0 saturated heterocycles. The zero-order chi connectivity index (χ0) is 35.7. The number of fused-ring (bicyclic) bond motifs is 3. The van der Waals surface area contributed by atoms with Crippen molar-refractivity contribution in [2.75, 3.05) is 9.80 Å². The maximum atomic E-state index is 3.61. The third-order valence-corrected chi connectivity index (χ3v) is 10.8. The quantitative estimate of drug-likeness (QED) is 0.151. The highest BCUT2D eigenvalue weighted by Crippen LogP contribution is 2.42. The first kappa shape index (κ1) is 33.0. The number of anilines is 6. The van der Waals surface area contributed by atoms with Crippen LogP contribution in [-0.4, -0.2) is 4.57 Å². The molecule has 3 nitrogen and oxygen atoms in total. The Morgan fingerprint density at radius 3 is 1.28 bits per heavy atom. The first-order valence-corrected chi connectivity index (χ1v) is 19.1. The standard InChI is InChI=1S/C48H33Br2N3/c49-36-17-23-40(24-18-36)51(41-25-19-37(50)20-26-41)42-27-29-43(30-28-42)52(39-21-15-35(16-22-39)34-9-3-1-4-10-34)44-31-32-48-46(33-44)45-13-7-8-14-47(45)53(48)38-11-5-2-6-12-38/h1-33H. The van der Waals surface area contributed by atoms with Crippen LogP contribution in [0, 0.1) is 0 Å². The summed E-state index contributed by atoms with van der Waals surface area (Å²) < 4.78 is 4.46. The molecular weight excluding hydrogens is 778 g/mol. The Morgan fingerprint density at radius 1 is 0.321 bits per heavy atom. The second kappa shape index (κ2) is 14.3. The summed E-state index contributed by atoms with van der Waals surface area (Å²) in [5, 5.41) is 2.43. The molecule has 9 rings (SSSR count). The molecule has 0 bridgehead atoms. The number of para-hydroxylation sites is 2. The molecule has 53 heavy (non-hydrogen) atoms. The van der Waals surface area contributed by atoms with Gasteiger partial charge in [0.1, 0.15) is 0 Å². The fourth-order valence-electron chi connectivity index (χ4n) is 7.21. The van der Waals surface area contributed by atoms with Crippen LogP contribution in [0.3, 0.4) is 0 Å². The summed E-state index contributed by atoms with van der Waals surface area (Å²) >= 11 is 7.23. The fraction of sp³-hybridized carbons (Fsp3) is 0. The van der Waals surface area contributed by atoms with Crippen molar-refractivity contribution in [3.8, 4) is 16.8 Å². The lowest BCUT2D eigenvalue weighted by molar-refractivity contribution is 1.18. The molecule has 0 radical (unpaired) electrons. The minimum Gasteiger partial charge on any atom is -0.311 e. The van der Waals surface area contributed by atoms with Gasteiger partial charge in [-0.2, -0.15) is 0 Å². The van der Waals surface area contributed by atoms with Gasteiger partial charge >= 0.3 is 0 Å². The van der Waals surface area contributed by atoms with E-state index in [0.29, 0.717) is 0 Å². The maximum absolute atomic E-state index is 3.61. The highest BCUT2D eigenvalue weighted by molar-refractivity contribution is 9.10. The maximum Gasteiger partial charge on any atom is 0.0542 e. The van der Waals surface area contributed by atoms with Crippen molar-refractivity contribution in [2.24, 2.45) is 0 Å². The Morgan fingerprint density at radius 2 is 0.717 bits per heavy atom. The topological polar surface area (TPSA) is 11.4 Å². The summed E-state index contributed by atoms with van der Waals surface area (Å²) in [5.74, 6) is 0. The minimum absolute atomic E-state index is 1.05. The normalized spacial score (nSPS) is 11.2. The molecule has 0 spiro atoms. The lowest BCUT2D eigenvalue weighted by Gasteiger charge is -2.28. The second-order valence-corrected chi connectivity index (χ2v) is 14.8. The van der Waals surface area contributed by atoms with E-state index in [9.17, 15) is 0 Å². The van der Waals surface area contributed by atoms with Crippen molar-refractivity contribution in [3.63, 3.8) is 0 Å². The SMILES string of the molecule is Brc1ccc(N(c2ccc(Br)cc2)c2ccc(N(c3ccc(-c4ccccc4)cc3)c3ccc4c(c3)c3ccccc3n4-c3ccccc3)cc2)cc1. The van der Waals surface area contributed by atoms with Crippen LogP contribution in [0.1, 0.15) is 0 Å². The van der Waals surface area contributed by atoms with Crippen molar-refractivity contribution < 1.29 is 0 Å². The largest absolute Gasteiger partial charge is 0.311 e. The molecule has 9 aromatic rings. The van der Waals surface area contributed by atoms with Crippen molar-refractivity contribution in [1.82, 2.24) is 4.57 Å². The Balaban J connectivity index is 1.18. The first-order valence-electron chi connectivity index (χ1n) is 17.6. The zero-order valence-electron chi connectivity index (χ0n) is 28.7. The summed E-state index contributed by atoms with van der Waals surface area (Å²) in [4.78, 5) is 4.64. The van der Waals surface area contributed by atoms with Crippen LogP contribution >= 0.6 is 31.9 Å². The van der Waals surface area contributed by atoms with Gasteiger partial charge < -0.3 is 14.4 Å². The van der Waals surface area contributed by atoms with Crippen LogP contribution in [0.2, 0.25) is 0 Å². The summed E-state index contributed by atoms with van der Waals surface area (Å²) in [7, 11) is 0. The molecule has 0 unspecified atom stereocenters. The van der Waals surface area contributed by atoms with E-state index in [0.717, 1.165) is 48.8 Å². The van der Waals surface area contributed by atoms with Crippen molar-refractivity contribution in [3.05, 3.63) is 209 Å². The van der Waals surface area contributed by atoms with Crippen LogP contribution in [0.25, 0.3) is 38.6 Å². The Bertz CT molecular complexity index is 2610. The lowest BCUT2D eigenvalue weighted by atomic mass is 10.0. The van der Waals surface area contributed by atoms with Crippen LogP contribution in [0.4, 0.5) is 34.1 Å². The number of hydrogen-bond donors (Lipinski definition) is 0. The van der Waals surface area contributed by atoms with Crippen LogP contribution in [-0.2, 0) is 0 Å². The Labute approximate surface area is 326 Å². The van der Waals surface area contributed by atoms with Gasteiger partial charge in [0.05, 0.1) is 11.0 Å². The average molecular weight is 812 g/mol. The third kappa shape index (κ3) is 6.43. The van der Waals surface area contributed by atoms with Gasteiger partial charge in [-0.05, 0) is 132 Å². The number of aromatic nitrogens is 1. The molecule has 254 valence electrons. The summed E-state index contributed by atoms with van der Waals surface area (Å²) in [6.07, 6.45) is 0. The zero-order valence-corrected chi connectivity index (χ0v) is 31.8. The van der Waals surface area contributed by atoms with Gasteiger partial charge in [-0.1, -0.05) is 111 Å². The number of nitrogens with zero attached hydrogens (tertiary/aromatic N) is 3. The highest BCUT2D eigenvalue weighted by atomic mass is 79.9. The Kier molecular flexibility index (Phi) is 8.88. The number of hydrogen-bond acceptors (Lipinski definition) is 2. The van der Waals surface area contributed by atoms with E-state index in [4.69, 9.17) is 0 Å². The predicted molar refractivity (Wildman–Crippen MR) is 231 cm³/mol. The predicted octanol–water partition coefficient (Wildman–Crippen LogP) is 14.9. The van der Waals surface area contributed by atoms with Gasteiger partial charge in [-0.25, -0.2) is 0 Å². The number of halogens is 2. The molecule has 5 heteroatoms. The van der Waals surface area contributed by atoms with Gasteiger partial charge in [-0.15, -0.1) is 0 Å². The molecular formula is C48H33Br2N3. The van der Waals surface area contributed by atoms with Crippen molar-refractivity contribution in [1.29, 1.82) is 0 Å². The molecule has 1 heterocycles. The molecule has 0 aliphatic heterocycles. The minimum atomic E-state index is 1.05. The molecule has 0 N–H and O–H groups in total. The number of benzene rings is 8. The van der Waals surface area contributed by atoms with E-state index in [1.165, 1.54) is 32.9 Å². The van der Waals surface area contributed by atoms with E-state index >= 15 is 0 Å². The Hall–Kier alpha value is -5.88.